The Morgan fingerprint density at radius 1 is 1.21 bits per heavy atom. The molecule has 0 aromatic heterocycles. The van der Waals surface area contributed by atoms with Gasteiger partial charge in [-0.3, -0.25) is 4.79 Å². The Labute approximate surface area is 115 Å². The maximum atomic E-state index is 12.6. The van der Waals surface area contributed by atoms with Crippen molar-refractivity contribution in [2.75, 3.05) is 7.05 Å². The molecule has 0 bridgehead atoms. The minimum Gasteiger partial charge on any atom is -0.341 e. The van der Waals surface area contributed by atoms with E-state index in [0.717, 1.165) is 13.0 Å². The third-order valence-electron chi connectivity index (χ3n) is 4.60. The van der Waals surface area contributed by atoms with Crippen LogP contribution >= 0.6 is 0 Å². The van der Waals surface area contributed by atoms with Gasteiger partial charge in [-0.1, -0.05) is 37.1 Å². The molecule has 0 saturated heterocycles. The van der Waals surface area contributed by atoms with Crippen LogP contribution in [0.15, 0.2) is 24.3 Å². The van der Waals surface area contributed by atoms with Gasteiger partial charge in [-0.25, -0.2) is 0 Å². The Balaban J connectivity index is 1.68. The number of hydrogen-bond acceptors (Lipinski definition) is 2. The summed E-state index contributed by atoms with van der Waals surface area (Å²) < 4.78 is 0. The van der Waals surface area contributed by atoms with Crippen LogP contribution in [0.2, 0.25) is 0 Å². The van der Waals surface area contributed by atoms with Crippen molar-refractivity contribution in [3.63, 3.8) is 0 Å². The molecule has 1 N–H and O–H groups in total. The first-order chi connectivity index (χ1) is 9.25. The second-order valence-corrected chi connectivity index (χ2v) is 5.79. The van der Waals surface area contributed by atoms with Crippen molar-refractivity contribution in [3.05, 3.63) is 35.4 Å². The van der Waals surface area contributed by atoms with Crippen LogP contribution in [0.1, 0.15) is 36.8 Å². The molecule has 1 aliphatic heterocycles. The Kier molecular flexibility index (Phi) is 3.56. The summed E-state index contributed by atoms with van der Waals surface area (Å²) in [4.78, 5) is 14.5. The first-order valence-electron chi connectivity index (χ1n) is 7.32. The van der Waals surface area contributed by atoms with Gasteiger partial charge in [0.1, 0.15) is 0 Å². The standard InChI is InChI=1S/C16H22N2O/c1-18(14-8-4-5-9-14)16(19)15-10-12-6-2-3-7-13(12)11-17-15/h2-3,6-7,14-15,17H,4-5,8-11H2,1H3. The smallest absolute Gasteiger partial charge is 0.240 e. The van der Waals surface area contributed by atoms with Gasteiger partial charge in [0.2, 0.25) is 5.91 Å². The van der Waals surface area contributed by atoms with E-state index in [4.69, 9.17) is 0 Å². The molecule has 1 amide bonds. The maximum Gasteiger partial charge on any atom is 0.240 e. The molecule has 1 aliphatic carbocycles. The van der Waals surface area contributed by atoms with Crippen molar-refractivity contribution in [2.24, 2.45) is 0 Å². The highest BCUT2D eigenvalue weighted by molar-refractivity contribution is 5.82. The molecule has 0 radical (unpaired) electrons. The van der Waals surface area contributed by atoms with E-state index >= 15 is 0 Å². The third kappa shape index (κ3) is 2.52. The molecule has 3 rings (SSSR count). The van der Waals surface area contributed by atoms with Gasteiger partial charge in [0.05, 0.1) is 6.04 Å². The van der Waals surface area contributed by atoms with E-state index in [1.807, 2.05) is 11.9 Å². The van der Waals surface area contributed by atoms with E-state index in [1.165, 1.54) is 36.8 Å². The van der Waals surface area contributed by atoms with Gasteiger partial charge < -0.3 is 10.2 Å². The molecule has 1 atom stereocenters. The number of carbonyl (C=O) groups is 1. The molecular weight excluding hydrogens is 236 g/mol. The Morgan fingerprint density at radius 2 is 1.89 bits per heavy atom. The summed E-state index contributed by atoms with van der Waals surface area (Å²) in [7, 11) is 1.97. The van der Waals surface area contributed by atoms with Gasteiger partial charge in [-0.15, -0.1) is 0 Å². The fourth-order valence-electron chi connectivity index (χ4n) is 3.35. The quantitative estimate of drug-likeness (QED) is 0.881. The average molecular weight is 258 g/mol. The number of benzene rings is 1. The van der Waals surface area contributed by atoms with Crippen LogP contribution in [0.4, 0.5) is 0 Å². The van der Waals surface area contributed by atoms with Crippen LogP contribution in [0.25, 0.3) is 0 Å². The monoisotopic (exact) mass is 258 g/mol. The van der Waals surface area contributed by atoms with Crippen molar-refractivity contribution in [2.45, 2.75) is 50.7 Å². The van der Waals surface area contributed by atoms with Gasteiger partial charge in [-0.2, -0.15) is 0 Å². The lowest BCUT2D eigenvalue weighted by Gasteiger charge is -2.32. The molecule has 1 fully saturated rings. The highest BCUT2D eigenvalue weighted by atomic mass is 16.2. The van der Waals surface area contributed by atoms with Crippen molar-refractivity contribution in [1.29, 1.82) is 0 Å². The van der Waals surface area contributed by atoms with E-state index in [-0.39, 0.29) is 11.9 Å². The lowest BCUT2D eigenvalue weighted by Crippen LogP contribution is -2.50. The van der Waals surface area contributed by atoms with E-state index < -0.39 is 0 Å². The van der Waals surface area contributed by atoms with Crippen LogP contribution < -0.4 is 5.32 Å². The molecule has 102 valence electrons. The summed E-state index contributed by atoms with van der Waals surface area (Å²) in [5.74, 6) is 0.265. The molecule has 3 heteroatoms. The zero-order valence-corrected chi connectivity index (χ0v) is 11.6. The number of nitrogens with one attached hydrogen (secondary N) is 1. The first-order valence-corrected chi connectivity index (χ1v) is 7.32. The zero-order chi connectivity index (χ0) is 13.2. The van der Waals surface area contributed by atoms with Gasteiger partial charge in [0.15, 0.2) is 0 Å². The van der Waals surface area contributed by atoms with E-state index in [1.54, 1.807) is 0 Å². The summed E-state index contributed by atoms with van der Waals surface area (Å²) in [6, 6.07) is 8.84. The second-order valence-electron chi connectivity index (χ2n) is 5.79. The highest BCUT2D eigenvalue weighted by Crippen LogP contribution is 2.24. The lowest BCUT2D eigenvalue weighted by molar-refractivity contribution is -0.134. The van der Waals surface area contributed by atoms with Gasteiger partial charge >= 0.3 is 0 Å². The van der Waals surface area contributed by atoms with E-state index in [2.05, 4.69) is 29.6 Å². The Morgan fingerprint density at radius 3 is 2.63 bits per heavy atom. The molecular formula is C16H22N2O. The van der Waals surface area contributed by atoms with Crippen molar-refractivity contribution >= 4 is 5.91 Å². The number of likely N-dealkylation sites (N-methyl/N-ethyl adjacent to an activating group) is 1. The molecule has 3 nitrogen and oxygen atoms in total. The summed E-state index contributed by atoms with van der Waals surface area (Å²) >= 11 is 0. The number of rotatable bonds is 2. The predicted octanol–water partition coefficient (Wildman–Crippen LogP) is 2.10. The van der Waals surface area contributed by atoms with E-state index in [9.17, 15) is 4.79 Å². The fraction of sp³-hybridized carbons (Fsp3) is 0.562. The normalized spacial score (nSPS) is 23.1. The number of amides is 1. The highest BCUT2D eigenvalue weighted by Gasteiger charge is 2.30. The van der Waals surface area contributed by atoms with Crippen LogP contribution in [-0.2, 0) is 17.8 Å². The zero-order valence-electron chi connectivity index (χ0n) is 11.6. The summed E-state index contributed by atoms with van der Waals surface area (Å²) in [5.41, 5.74) is 2.65. The second kappa shape index (κ2) is 5.33. The summed E-state index contributed by atoms with van der Waals surface area (Å²) in [6.45, 7) is 0.811. The Hall–Kier alpha value is -1.35. The van der Waals surface area contributed by atoms with Gasteiger partial charge in [-0.05, 0) is 30.4 Å². The number of fused-ring (bicyclic) bond motifs is 1. The lowest BCUT2D eigenvalue weighted by atomic mass is 9.95. The number of hydrogen-bond donors (Lipinski definition) is 1. The summed E-state index contributed by atoms with van der Waals surface area (Å²) in [5, 5.41) is 3.39. The fourth-order valence-corrected chi connectivity index (χ4v) is 3.35. The molecule has 1 unspecified atom stereocenters. The van der Waals surface area contributed by atoms with Crippen molar-refractivity contribution < 1.29 is 4.79 Å². The third-order valence-corrected chi connectivity index (χ3v) is 4.60. The van der Waals surface area contributed by atoms with Gasteiger partial charge in [0.25, 0.3) is 0 Å². The Bertz CT molecular complexity index is 466. The molecule has 1 aromatic carbocycles. The largest absolute Gasteiger partial charge is 0.341 e. The number of nitrogens with zero attached hydrogens (tertiary/aromatic N) is 1. The van der Waals surface area contributed by atoms with Crippen molar-refractivity contribution in [1.82, 2.24) is 10.2 Å². The van der Waals surface area contributed by atoms with Crippen LogP contribution in [0.5, 0.6) is 0 Å². The predicted molar refractivity (Wildman–Crippen MR) is 75.8 cm³/mol. The van der Waals surface area contributed by atoms with Crippen LogP contribution in [0, 0.1) is 0 Å². The molecule has 19 heavy (non-hydrogen) atoms. The molecule has 1 heterocycles. The molecule has 2 aliphatic rings. The first kappa shape index (κ1) is 12.7. The van der Waals surface area contributed by atoms with Crippen LogP contribution in [0.3, 0.4) is 0 Å². The number of carbonyl (C=O) groups excluding carboxylic acids is 1. The topological polar surface area (TPSA) is 32.3 Å². The van der Waals surface area contributed by atoms with Gasteiger partial charge in [0, 0.05) is 19.6 Å². The molecule has 1 aromatic rings. The maximum absolute atomic E-state index is 12.6. The minimum atomic E-state index is -0.0412. The van der Waals surface area contributed by atoms with Crippen molar-refractivity contribution in [3.8, 4) is 0 Å². The summed E-state index contributed by atoms with van der Waals surface area (Å²) in [6.07, 6.45) is 5.70. The minimum absolute atomic E-state index is 0.0412. The van der Waals surface area contributed by atoms with E-state index in [0.29, 0.717) is 6.04 Å². The molecule has 0 spiro atoms. The average Bonchev–Trinajstić information content (AvgIpc) is 2.99. The SMILES string of the molecule is CN(C(=O)C1Cc2ccccc2CN1)C1CCCC1. The molecule has 1 saturated carbocycles. The van der Waals surface area contributed by atoms with Crippen LogP contribution in [-0.4, -0.2) is 29.9 Å².